The minimum atomic E-state index is -0.299. The van der Waals surface area contributed by atoms with Crippen LogP contribution in [0.5, 0.6) is 5.88 Å². The van der Waals surface area contributed by atoms with Crippen LogP contribution >= 0.6 is 0 Å². The number of carbonyl (C=O) groups excluding carboxylic acids is 1. The second-order valence-corrected chi connectivity index (χ2v) is 11.6. The maximum Gasteiger partial charge on any atom is 0.410 e. The highest BCUT2D eigenvalue weighted by molar-refractivity contribution is 5.67. The lowest BCUT2D eigenvalue weighted by molar-refractivity contribution is 0.0537. The number of fused-ring (bicyclic) bond motifs is 3. The van der Waals surface area contributed by atoms with Gasteiger partial charge in [-0.05, 0) is 68.0 Å². The van der Waals surface area contributed by atoms with Gasteiger partial charge in [0, 0.05) is 24.7 Å². The van der Waals surface area contributed by atoms with Crippen molar-refractivity contribution >= 4 is 17.6 Å². The first-order chi connectivity index (χ1) is 19.0. The van der Waals surface area contributed by atoms with Crippen LogP contribution in [0.3, 0.4) is 0 Å². The van der Waals surface area contributed by atoms with Crippen molar-refractivity contribution in [3.05, 3.63) is 53.7 Å². The Morgan fingerprint density at radius 2 is 1.95 bits per heavy atom. The zero-order chi connectivity index (χ0) is 26.8. The lowest BCUT2D eigenvalue weighted by atomic mass is 9.86. The van der Waals surface area contributed by atoms with Crippen molar-refractivity contribution in [2.24, 2.45) is 17.8 Å². The summed E-state index contributed by atoms with van der Waals surface area (Å²) in [5, 5.41) is 12.0. The van der Waals surface area contributed by atoms with Gasteiger partial charge >= 0.3 is 6.09 Å². The standard InChI is InChI=1S/C30H40N6O3/c1-20(2)25-17-33-36-27(32-16-26-22-10-11-23(26)15-31-14-22)13-28(34-29(25)36)39-24-9-6-12-35(18-24)30(37)38-19-21-7-4-3-5-8-21/h3-5,7-8,13,17,20,22-24,26,31-32H,6,9-12,14-16,18-19H2,1-2H3/t22?,23?,24-,26?/m0/s1. The molecule has 6 rings (SSSR count). The largest absolute Gasteiger partial charge is 0.472 e. The summed E-state index contributed by atoms with van der Waals surface area (Å²) in [6.07, 6.45) is 5.84. The Labute approximate surface area is 230 Å². The van der Waals surface area contributed by atoms with Gasteiger partial charge in [0.1, 0.15) is 18.5 Å². The highest BCUT2D eigenvalue weighted by Crippen LogP contribution is 2.39. The van der Waals surface area contributed by atoms with Gasteiger partial charge in [0.25, 0.3) is 0 Å². The van der Waals surface area contributed by atoms with Crippen LogP contribution in [0.4, 0.5) is 10.6 Å². The van der Waals surface area contributed by atoms with E-state index in [1.54, 1.807) is 4.90 Å². The smallest absolute Gasteiger partial charge is 0.410 e. The van der Waals surface area contributed by atoms with Crippen LogP contribution in [-0.4, -0.2) is 64.4 Å². The average Bonchev–Trinajstić information content (AvgIpc) is 3.47. The van der Waals surface area contributed by atoms with Crippen molar-refractivity contribution in [2.75, 3.05) is 38.0 Å². The molecule has 2 unspecified atom stereocenters. The Kier molecular flexibility index (Phi) is 7.59. The van der Waals surface area contributed by atoms with E-state index in [1.165, 1.54) is 12.8 Å². The summed E-state index contributed by atoms with van der Waals surface area (Å²) < 4.78 is 13.9. The second kappa shape index (κ2) is 11.4. The molecule has 0 spiro atoms. The minimum Gasteiger partial charge on any atom is -0.472 e. The summed E-state index contributed by atoms with van der Waals surface area (Å²) in [6.45, 7) is 8.91. The number of rotatable bonds is 8. The summed E-state index contributed by atoms with van der Waals surface area (Å²) >= 11 is 0. The first-order valence-electron chi connectivity index (χ1n) is 14.5. The lowest BCUT2D eigenvalue weighted by Crippen LogP contribution is -2.44. The molecule has 1 saturated carbocycles. The zero-order valence-electron chi connectivity index (χ0n) is 23.0. The molecular weight excluding hydrogens is 492 g/mol. The number of benzene rings is 1. The monoisotopic (exact) mass is 532 g/mol. The van der Waals surface area contributed by atoms with Gasteiger partial charge in [-0.3, -0.25) is 0 Å². The Hall–Kier alpha value is -3.33. The van der Waals surface area contributed by atoms with Gasteiger partial charge in [-0.1, -0.05) is 44.2 Å². The summed E-state index contributed by atoms with van der Waals surface area (Å²) in [4.78, 5) is 19.4. The number of carbonyl (C=O) groups is 1. The molecule has 2 N–H and O–H groups in total. The molecule has 1 aromatic carbocycles. The molecular formula is C30H40N6O3. The van der Waals surface area contributed by atoms with E-state index in [1.807, 2.05) is 47.1 Å². The molecule has 39 heavy (non-hydrogen) atoms. The number of nitrogens with zero attached hydrogens (tertiary/aromatic N) is 4. The predicted octanol–water partition coefficient (Wildman–Crippen LogP) is 4.69. The zero-order valence-corrected chi connectivity index (χ0v) is 23.0. The molecule has 2 aliphatic heterocycles. The number of aromatic nitrogens is 3. The normalized spacial score (nSPS) is 24.7. The predicted molar refractivity (Wildman–Crippen MR) is 150 cm³/mol. The van der Waals surface area contributed by atoms with Crippen LogP contribution in [0.25, 0.3) is 5.65 Å². The van der Waals surface area contributed by atoms with Crippen molar-refractivity contribution in [2.45, 2.75) is 58.2 Å². The number of amides is 1. The molecule has 1 aliphatic carbocycles. The van der Waals surface area contributed by atoms with E-state index in [4.69, 9.17) is 14.5 Å². The van der Waals surface area contributed by atoms with E-state index >= 15 is 0 Å². The molecule has 9 heteroatoms. The molecule has 3 aliphatic rings. The second-order valence-electron chi connectivity index (χ2n) is 11.6. The fourth-order valence-electron chi connectivity index (χ4n) is 6.49. The number of piperidine rings is 2. The van der Waals surface area contributed by atoms with E-state index in [0.29, 0.717) is 30.8 Å². The molecule has 2 bridgehead atoms. The number of anilines is 1. The number of likely N-dealkylation sites (tertiary alicyclic amines) is 1. The highest BCUT2D eigenvalue weighted by Gasteiger charge is 2.38. The van der Waals surface area contributed by atoms with Crippen molar-refractivity contribution in [1.82, 2.24) is 24.8 Å². The van der Waals surface area contributed by atoms with Crippen LogP contribution in [0.15, 0.2) is 42.6 Å². The summed E-state index contributed by atoms with van der Waals surface area (Å²) in [5.41, 5.74) is 2.90. The molecule has 3 atom stereocenters. The van der Waals surface area contributed by atoms with E-state index in [2.05, 4.69) is 29.6 Å². The SMILES string of the molecule is CC(C)c1cnn2c(NCC3C4CCC3CNC4)cc(O[C@H]3CCCN(C(=O)OCc4ccccc4)C3)nc12. The van der Waals surface area contributed by atoms with Crippen molar-refractivity contribution in [3.63, 3.8) is 0 Å². The van der Waals surface area contributed by atoms with Gasteiger partial charge in [-0.15, -0.1) is 0 Å². The lowest BCUT2D eigenvalue weighted by Gasteiger charge is -2.32. The van der Waals surface area contributed by atoms with E-state index in [9.17, 15) is 4.79 Å². The van der Waals surface area contributed by atoms with Crippen LogP contribution in [-0.2, 0) is 11.3 Å². The van der Waals surface area contributed by atoms with Crippen molar-refractivity contribution in [1.29, 1.82) is 0 Å². The summed E-state index contributed by atoms with van der Waals surface area (Å²) in [7, 11) is 0. The van der Waals surface area contributed by atoms with Crippen molar-refractivity contribution < 1.29 is 14.3 Å². The van der Waals surface area contributed by atoms with E-state index < -0.39 is 0 Å². The molecule has 4 heterocycles. The van der Waals surface area contributed by atoms with Crippen LogP contribution in [0, 0.1) is 17.8 Å². The Balaban J connectivity index is 1.15. The Bertz CT molecular complexity index is 1260. The summed E-state index contributed by atoms with van der Waals surface area (Å²) in [6, 6.07) is 11.7. The van der Waals surface area contributed by atoms with Gasteiger partial charge in [0.15, 0.2) is 5.65 Å². The van der Waals surface area contributed by atoms with Crippen LogP contribution < -0.4 is 15.4 Å². The van der Waals surface area contributed by atoms with E-state index in [-0.39, 0.29) is 18.8 Å². The molecule has 3 aromatic rings. The molecule has 3 fully saturated rings. The maximum absolute atomic E-state index is 12.8. The van der Waals surface area contributed by atoms with Gasteiger partial charge < -0.3 is 25.0 Å². The van der Waals surface area contributed by atoms with Crippen molar-refractivity contribution in [3.8, 4) is 5.88 Å². The van der Waals surface area contributed by atoms with E-state index in [0.717, 1.165) is 66.9 Å². The number of ether oxygens (including phenoxy) is 2. The third-order valence-electron chi connectivity index (χ3n) is 8.68. The average molecular weight is 533 g/mol. The Morgan fingerprint density at radius 1 is 1.15 bits per heavy atom. The number of hydrogen-bond acceptors (Lipinski definition) is 7. The van der Waals surface area contributed by atoms with Crippen LogP contribution in [0.1, 0.15) is 56.6 Å². The van der Waals surface area contributed by atoms with Crippen LogP contribution in [0.2, 0.25) is 0 Å². The fourth-order valence-corrected chi connectivity index (χ4v) is 6.49. The first kappa shape index (κ1) is 25.9. The molecule has 0 radical (unpaired) electrons. The molecule has 2 aromatic heterocycles. The molecule has 1 amide bonds. The van der Waals surface area contributed by atoms with Gasteiger partial charge in [-0.2, -0.15) is 14.6 Å². The third-order valence-corrected chi connectivity index (χ3v) is 8.68. The molecule has 9 nitrogen and oxygen atoms in total. The highest BCUT2D eigenvalue weighted by atomic mass is 16.6. The number of hydrogen-bond donors (Lipinski definition) is 2. The number of nitrogens with one attached hydrogen (secondary N) is 2. The third kappa shape index (κ3) is 5.69. The topological polar surface area (TPSA) is 93.0 Å². The fraction of sp³-hybridized carbons (Fsp3) is 0.567. The maximum atomic E-state index is 12.8. The molecule has 2 saturated heterocycles. The van der Waals surface area contributed by atoms with Gasteiger partial charge in [-0.25, -0.2) is 4.79 Å². The van der Waals surface area contributed by atoms with Gasteiger partial charge in [0.2, 0.25) is 5.88 Å². The first-order valence-corrected chi connectivity index (χ1v) is 14.5. The van der Waals surface area contributed by atoms with Gasteiger partial charge in [0.05, 0.1) is 12.7 Å². The quantitative estimate of drug-likeness (QED) is 0.435. The molecule has 208 valence electrons. The summed E-state index contributed by atoms with van der Waals surface area (Å²) in [5.74, 6) is 3.93. The minimum absolute atomic E-state index is 0.142. The Morgan fingerprint density at radius 3 is 2.72 bits per heavy atom.